The van der Waals surface area contributed by atoms with Crippen LogP contribution in [0, 0.1) is 0 Å². The maximum Gasteiger partial charge on any atom is 0.154 e. The van der Waals surface area contributed by atoms with Crippen LogP contribution in [0.15, 0.2) is 45.3 Å². The predicted octanol–water partition coefficient (Wildman–Crippen LogP) is 3.14. The molecule has 0 amide bonds. The van der Waals surface area contributed by atoms with Crippen LogP contribution in [0.2, 0.25) is 0 Å². The van der Waals surface area contributed by atoms with E-state index in [1.807, 2.05) is 43.9 Å². The van der Waals surface area contributed by atoms with Crippen LogP contribution in [-0.2, 0) is 5.54 Å². The Kier molecular flexibility index (Phi) is 3.08. The standard InChI is InChI=1S/C13H14N4S2/c1-13(2,14)11-16-8-9-10(4-3-6-17(9)11)19-12-15-5-7-18-12/h3-8H,14H2,1-2H3. The quantitative estimate of drug-likeness (QED) is 0.805. The summed E-state index contributed by atoms with van der Waals surface area (Å²) in [6, 6.07) is 4.09. The summed E-state index contributed by atoms with van der Waals surface area (Å²) in [7, 11) is 0. The number of rotatable bonds is 3. The fourth-order valence-corrected chi connectivity index (χ4v) is 3.61. The van der Waals surface area contributed by atoms with E-state index in [1.165, 1.54) is 0 Å². The van der Waals surface area contributed by atoms with Gasteiger partial charge in [-0.05, 0) is 26.0 Å². The molecule has 0 saturated carbocycles. The van der Waals surface area contributed by atoms with E-state index in [9.17, 15) is 0 Å². The molecule has 4 nitrogen and oxygen atoms in total. The third-order valence-corrected chi connectivity index (χ3v) is 4.66. The van der Waals surface area contributed by atoms with E-state index in [0.29, 0.717) is 0 Å². The van der Waals surface area contributed by atoms with Gasteiger partial charge in [-0.2, -0.15) is 0 Å². The minimum atomic E-state index is -0.461. The van der Waals surface area contributed by atoms with E-state index >= 15 is 0 Å². The number of hydrogen-bond donors (Lipinski definition) is 1. The van der Waals surface area contributed by atoms with E-state index < -0.39 is 5.54 Å². The molecule has 98 valence electrons. The molecular weight excluding hydrogens is 276 g/mol. The molecule has 19 heavy (non-hydrogen) atoms. The molecule has 0 bridgehead atoms. The molecule has 6 heteroatoms. The second kappa shape index (κ2) is 4.63. The molecular formula is C13H14N4S2. The molecule has 3 aromatic rings. The number of nitrogens with zero attached hydrogens (tertiary/aromatic N) is 3. The van der Waals surface area contributed by atoms with Gasteiger partial charge in [0, 0.05) is 22.7 Å². The van der Waals surface area contributed by atoms with Crippen molar-refractivity contribution in [2.24, 2.45) is 5.73 Å². The summed E-state index contributed by atoms with van der Waals surface area (Å²) >= 11 is 3.29. The van der Waals surface area contributed by atoms with Gasteiger partial charge < -0.3 is 10.1 Å². The summed E-state index contributed by atoms with van der Waals surface area (Å²) in [5, 5.41) is 1.98. The van der Waals surface area contributed by atoms with Gasteiger partial charge in [0.1, 0.15) is 5.82 Å². The van der Waals surface area contributed by atoms with Crippen molar-refractivity contribution in [3.8, 4) is 0 Å². The van der Waals surface area contributed by atoms with Crippen molar-refractivity contribution < 1.29 is 0 Å². The minimum Gasteiger partial charge on any atom is -0.319 e. The molecule has 2 N–H and O–H groups in total. The first-order valence-corrected chi connectivity index (χ1v) is 7.58. The lowest BCUT2D eigenvalue weighted by Crippen LogP contribution is -2.31. The van der Waals surface area contributed by atoms with Gasteiger partial charge in [-0.1, -0.05) is 11.8 Å². The molecule has 0 radical (unpaired) electrons. The van der Waals surface area contributed by atoms with Crippen molar-refractivity contribution in [2.45, 2.75) is 28.6 Å². The van der Waals surface area contributed by atoms with Crippen molar-refractivity contribution in [3.63, 3.8) is 0 Å². The first-order valence-electron chi connectivity index (χ1n) is 5.88. The van der Waals surface area contributed by atoms with E-state index in [4.69, 9.17) is 5.73 Å². The number of fused-ring (bicyclic) bond motifs is 1. The maximum atomic E-state index is 6.15. The average molecular weight is 290 g/mol. The summed E-state index contributed by atoms with van der Waals surface area (Å²) in [6.45, 7) is 3.92. The van der Waals surface area contributed by atoms with Crippen LogP contribution in [0.25, 0.3) is 5.52 Å². The zero-order chi connectivity index (χ0) is 13.5. The Morgan fingerprint density at radius 3 is 2.89 bits per heavy atom. The topological polar surface area (TPSA) is 56.2 Å². The molecule has 3 heterocycles. The van der Waals surface area contributed by atoms with Gasteiger partial charge in [-0.15, -0.1) is 11.3 Å². The molecule has 3 rings (SSSR count). The molecule has 0 spiro atoms. The van der Waals surface area contributed by atoms with Crippen LogP contribution in [-0.4, -0.2) is 14.4 Å². The van der Waals surface area contributed by atoms with E-state index in [2.05, 4.69) is 20.4 Å². The van der Waals surface area contributed by atoms with Gasteiger partial charge in [0.15, 0.2) is 4.34 Å². The summed E-state index contributed by atoms with van der Waals surface area (Å²) in [5.74, 6) is 0.865. The summed E-state index contributed by atoms with van der Waals surface area (Å²) in [5.41, 5.74) is 6.76. The largest absolute Gasteiger partial charge is 0.319 e. The van der Waals surface area contributed by atoms with Crippen LogP contribution in [0.4, 0.5) is 0 Å². The number of thiazole rings is 1. The van der Waals surface area contributed by atoms with Crippen LogP contribution >= 0.6 is 23.1 Å². The van der Waals surface area contributed by atoms with Gasteiger partial charge in [0.25, 0.3) is 0 Å². The fraction of sp³-hybridized carbons (Fsp3) is 0.231. The number of pyridine rings is 1. The zero-order valence-electron chi connectivity index (χ0n) is 10.7. The van der Waals surface area contributed by atoms with Gasteiger partial charge in [0.05, 0.1) is 17.3 Å². The molecule has 0 aliphatic carbocycles. The Bertz CT molecular complexity index is 695. The van der Waals surface area contributed by atoms with Gasteiger partial charge >= 0.3 is 0 Å². The molecule has 0 fully saturated rings. The maximum absolute atomic E-state index is 6.15. The number of imidazole rings is 1. The number of nitrogens with two attached hydrogens (primary N) is 1. The van der Waals surface area contributed by atoms with Crippen molar-refractivity contribution in [1.82, 2.24) is 14.4 Å². The minimum absolute atomic E-state index is 0.461. The predicted molar refractivity (Wildman–Crippen MR) is 78.6 cm³/mol. The molecule has 0 atom stereocenters. The SMILES string of the molecule is CC(C)(N)c1ncc2c(Sc3nccs3)cccn12. The van der Waals surface area contributed by atoms with E-state index in [-0.39, 0.29) is 0 Å². The van der Waals surface area contributed by atoms with E-state index in [0.717, 1.165) is 20.6 Å². The highest BCUT2D eigenvalue weighted by atomic mass is 32.2. The number of hydrogen-bond acceptors (Lipinski definition) is 5. The molecule has 0 saturated heterocycles. The lowest BCUT2D eigenvalue weighted by Gasteiger charge is -2.17. The van der Waals surface area contributed by atoms with Crippen molar-refractivity contribution in [3.05, 3.63) is 41.9 Å². The summed E-state index contributed by atoms with van der Waals surface area (Å²) in [4.78, 5) is 9.90. The zero-order valence-corrected chi connectivity index (χ0v) is 12.3. The van der Waals surface area contributed by atoms with Crippen LogP contribution in [0.3, 0.4) is 0 Å². The third kappa shape index (κ3) is 2.39. The molecule has 3 aromatic heterocycles. The Morgan fingerprint density at radius 2 is 2.21 bits per heavy atom. The molecule has 0 aliphatic rings. The van der Waals surface area contributed by atoms with Gasteiger partial charge in [-0.25, -0.2) is 9.97 Å². The van der Waals surface area contributed by atoms with E-state index in [1.54, 1.807) is 23.1 Å². The monoisotopic (exact) mass is 290 g/mol. The Balaban J connectivity index is 2.10. The van der Waals surface area contributed by atoms with Crippen LogP contribution < -0.4 is 5.73 Å². The highest BCUT2D eigenvalue weighted by Gasteiger charge is 2.21. The fourth-order valence-electron chi connectivity index (χ4n) is 1.91. The lowest BCUT2D eigenvalue weighted by atomic mass is 10.1. The second-order valence-electron chi connectivity index (χ2n) is 4.83. The summed E-state index contributed by atoms with van der Waals surface area (Å²) in [6.07, 6.45) is 5.69. The first-order chi connectivity index (χ1) is 9.05. The summed E-state index contributed by atoms with van der Waals surface area (Å²) < 4.78 is 3.08. The first kappa shape index (κ1) is 12.7. The van der Waals surface area contributed by atoms with Crippen molar-refractivity contribution >= 4 is 28.6 Å². The van der Waals surface area contributed by atoms with Crippen molar-refractivity contribution in [1.29, 1.82) is 0 Å². The van der Waals surface area contributed by atoms with Gasteiger partial charge in [0.2, 0.25) is 0 Å². The number of aromatic nitrogens is 3. The molecule has 0 aromatic carbocycles. The highest BCUT2D eigenvalue weighted by molar-refractivity contribution is 8.01. The highest BCUT2D eigenvalue weighted by Crippen LogP contribution is 2.33. The smallest absolute Gasteiger partial charge is 0.154 e. The lowest BCUT2D eigenvalue weighted by molar-refractivity contribution is 0.511. The van der Waals surface area contributed by atoms with Crippen LogP contribution in [0.1, 0.15) is 19.7 Å². The van der Waals surface area contributed by atoms with Crippen LogP contribution in [0.5, 0.6) is 0 Å². The van der Waals surface area contributed by atoms with Gasteiger partial charge in [-0.3, -0.25) is 0 Å². The Morgan fingerprint density at radius 1 is 1.37 bits per heavy atom. The normalized spacial score (nSPS) is 12.2. The second-order valence-corrected chi connectivity index (χ2v) is 7.01. The Labute approximate surface area is 119 Å². The molecule has 0 unspecified atom stereocenters. The Hall–Kier alpha value is -1.37. The average Bonchev–Trinajstić information content (AvgIpc) is 2.96. The molecule has 0 aliphatic heterocycles. The third-order valence-electron chi connectivity index (χ3n) is 2.72. The van der Waals surface area contributed by atoms with Crippen molar-refractivity contribution in [2.75, 3.05) is 0 Å².